The molecular weight excluding hydrogens is 391 g/mol. The van der Waals surface area contributed by atoms with E-state index < -0.39 is 0 Å². The molecule has 2 rings (SSSR count). The van der Waals surface area contributed by atoms with Crippen molar-refractivity contribution in [2.75, 3.05) is 13.2 Å². The summed E-state index contributed by atoms with van der Waals surface area (Å²) in [5.74, 6) is 2.98. The Morgan fingerprint density at radius 2 is 0.786 bits per heavy atom. The van der Waals surface area contributed by atoms with Gasteiger partial charge in [-0.3, -0.25) is 0 Å². The number of hydrogen-bond donors (Lipinski definition) is 0. The van der Waals surface area contributed by atoms with E-state index in [1.54, 1.807) is 0 Å². The number of halogens is 2. The van der Waals surface area contributed by atoms with Crippen LogP contribution in [0, 0.1) is 0 Å². The van der Waals surface area contributed by atoms with Crippen molar-refractivity contribution in [2.45, 2.75) is 63.1 Å². The van der Waals surface area contributed by atoms with Gasteiger partial charge in [0.1, 0.15) is 11.5 Å². The lowest BCUT2D eigenvalue weighted by molar-refractivity contribution is 0.301. The molecule has 0 bridgehead atoms. The SMILES string of the molecule is ClCc1ccc(OCCCCCCCCCCOc2ccc(CCl)cc2)cc1. The summed E-state index contributed by atoms with van der Waals surface area (Å²) in [6, 6.07) is 16.1. The topological polar surface area (TPSA) is 18.5 Å². The molecule has 0 aliphatic carbocycles. The van der Waals surface area contributed by atoms with Gasteiger partial charge < -0.3 is 9.47 Å². The Bertz CT molecular complexity index is 569. The van der Waals surface area contributed by atoms with Gasteiger partial charge in [0.05, 0.1) is 13.2 Å². The first-order chi connectivity index (χ1) is 13.8. The number of unbranched alkanes of at least 4 members (excludes halogenated alkanes) is 7. The van der Waals surface area contributed by atoms with Crippen LogP contribution >= 0.6 is 23.2 Å². The van der Waals surface area contributed by atoms with E-state index in [0.717, 1.165) is 48.7 Å². The minimum atomic E-state index is 0.552. The van der Waals surface area contributed by atoms with Crippen molar-refractivity contribution in [3.8, 4) is 11.5 Å². The van der Waals surface area contributed by atoms with E-state index in [9.17, 15) is 0 Å². The second kappa shape index (κ2) is 14.6. The van der Waals surface area contributed by atoms with Gasteiger partial charge in [0.25, 0.3) is 0 Å². The highest BCUT2D eigenvalue weighted by atomic mass is 35.5. The Kier molecular flexibility index (Phi) is 11.9. The number of ether oxygens (including phenoxy) is 2. The van der Waals surface area contributed by atoms with Gasteiger partial charge in [0.2, 0.25) is 0 Å². The molecule has 0 saturated carbocycles. The zero-order chi connectivity index (χ0) is 19.9. The van der Waals surface area contributed by atoms with Crippen LogP contribution in [0.5, 0.6) is 11.5 Å². The Balaban J connectivity index is 1.36. The minimum absolute atomic E-state index is 0.552. The molecule has 28 heavy (non-hydrogen) atoms. The third-order valence-corrected chi connectivity index (χ3v) is 5.35. The second-order valence-electron chi connectivity index (χ2n) is 7.08. The summed E-state index contributed by atoms with van der Waals surface area (Å²) in [6.45, 7) is 1.59. The summed E-state index contributed by atoms with van der Waals surface area (Å²) in [5.41, 5.74) is 2.25. The van der Waals surface area contributed by atoms with Crippen molar-refractivity contribution in [1.29, 1.82) is 0 Å². The monoisotopic (exact) mass is 422 g/mol. The number of alkyl halides is 2. The van der Waals surface area contributed by atoms with E-state index in [2.05, 4.69) is 0 Å². The fourth-order valence-corrected chi connectivity index (χ4v) is 3.35. The summed E-state index contributed by atoms with van der Waals surface area (Å²) in [6.07, 6.45) is 9.91. The van der Waals surface area contributed by atoms with Crippen molar-refractivity contribution in [1.82, 2.24) is 0 Å². The van der Waals surface area contributed by atoms with Crippen molar-refractivity contribution < 1.29 is 9.47 Å². The molecule has 2 aromatic carbocycles. The summed E-state index contributed by atoms with van der Waals surface area (Å²) in [7, 11) is 0. The maximum Gasteiger partial charge on any atom is 0.119 e. The molecule has 2 nitrogen and oxygen atoms in total. The third kappa shape index (κ3) is 9.71. The van der Waals surface area contributed by atoms with Crippen LogP contribution in [-0.2, 0) is 11.8 Å². The summed E-state index contributed by atoms with van der Waals surface area (Å²) in [5, 5.41) is 0. The highest BCUT2D eigenvalue weighted by Gasteiger charge is 1.97. The fourth-order valence-electron chi connectivity index (χ4n) is 2.99. The van der Waals surface area contributed by atoms with Crippen molar-refractivity contribution in [3.63, 3.8) is 0 Å². The standard InChI is InChI=1S/C24H32Cl2O2/c25-19-21-9-13-23(14-10-21)27-17-7-5-3-1-2-4-6-8-18-28-24-15-11-22(20-26)12-16-24/h9-16H,1-8,17-20H2. The van der Waals surface area contributed by atoms with Gasteiger partial charge in [-0.25, -0.2) is 0 Å². The Morgan fingerprint density at radius 3 is 1.11 bits per heavy atom. The lowest BCUT2D eigenvalue weighted by atomic mass is 10.1. The molecule has 2 aromatic rings. The molecule has 154 valence electrons. The molecular formula is C24H32Cl2O2. The first kappa shape index (κ1) is 22.9. The van der Waals surface area contributed by atoms with Gasteiger partial charge in [-0.2, -0.15) is 0 Å². The molecule has 0 aliphatic rings. The first-order valence-corrected chi connectivity index (χ1v) is 11.4. The van der Waals surface area contributed by atoms with Crippen molar-refractivity contribution in [3.05, 3.63) is 59.7 Å². The maximum atomic E-state index is 5.79. The van der Waals surface area contributed by atoms with Gasteiger partial charge in [-0.05, 0) is 48.2 Å². The van der Waals surface area contributed by atoms with Crippen LogP contribution in [0.1, 0.15) is 62.5 Å². The maximum absolute atomic E-state index is 5.79. The lowest BCUT2D eigenvalue weighted by Gasteiger charge is -2.07. The van der Waals surface area contributed by atoms with E-state index in [0.29, 0.717) is 11.8 Å². The predicted molar refractivity (Wildman–Crippen MR) is 120 cm³/mol. The summed E-state index contributed by atoms with van der Waals surface area (Å²) in [4.78, 5) is 0. The molecule has 0 fully saturated rings. The minimum Gasteiger partial charge on any atom is -0.494 e. The van der Waals surface area contributed by atoms with Gasteiger partial charge in [-0.15, -0.1) is 23.2 Å². The van der Waals surface area contributed by atoms with E-state index >= 15 is 0 Å². The Labute approximate surface area is 180 Å². The number of rotatable bonds is 15. The van der Waals surface area contributed by atoms with E-state index in [-0.39, 0.29) is 0 Å². The smallest absolute Gasteiger partial charge is 0.119 e. The van der Waals surface area contributed by atoms with Crippen LogP contribution in [-0.4, -0.2) is 13.2 Å². The average molecular weight is 423 g/mol. The van der Waals surface area contributed by atoms with Crippen LogP contribution in [0.2, 0.25) is 0 Å². The highest BCUT2D eigenvalue weighted by molar-refractivity contribution is 6.17. The van der Waals surface area contributed by atoms with Crippen molar-refractivity contribution in [2.24, 2.45) is 0 Å². The lowest BCUT2D eigenvalue weighted by Crippen LogP contribution is -1.98. The van der Waals surface area contributed by atoms with Crippen LogP contribution < -0.4 is 9.47 Å². The Hall–Kier alpha value is -1.38. The average Bonchev–Trinajstić information content (AvgIpc) is 2.75. The molecule has 0 aromatic heterocycles. The summed E-state index contributed by atoms with van der Waals surface area (Å²) < 4.78 is 11.5. The van der Waals surface area contributed by atoms with Crippen LogP contribution in [0.15, 0.2) is 48.5 Å². The van der Waals surface area contributed by atoms with Crippen LogP contribution in [0.3, 0.4) is 0 Å². The Morgan fingerprint density at radius 1 is 0.464 bits per heavy atom. The molecule has 0 spiro atoms. The molecule has 0 unspecified atom stereocenters. The zero-order valence-corrected chi connectivity index (χ0v) is 18.2. The second-order valence-corrected chi connectivity index (χ2v) is 7.62. The fraction of sp³-hybridized carbons (Fsp3) is 0.500. The predicted octanol–water partition coefficient (Wildman–Crippen LogP) is 7.74. The number of benzene rings is 2. The number of hydrogen-bond acceptors (Lipinski definition) is 2. The van der Waals surface area contributed by atoms with Crippen LogP contribution in [0.4, 0.5) is 0 Å². The quantitative estimate of drug-likeness (QED) is 0.215. The molecule has 0 radical (unpaired) electrons. The van der Waals surface area contributed by atoms with Crippen molar-refractivity contribution >= 4 is 23.2 Å². The van der Waals surface area contributed by atoms with E-state index in [1.165, 1.54) is 38.5 Å². The molecule has 0 heterocycles. The molecule has 0 atom stereocenters. The summed E-state index contributed by atoms with van der Waals surface area (Å²) >= 11 is 11.6. The largest absolute Gasteiger partial charge is 0.494 e. The first-order valence-electron chi connectivity index (χ1n) is 10.4. The van der Waals surface area contributed by atoms with Gasteiger partial charge in [0.15, 0.2) is 0 Å². The van der Waals surface area contributed by atoms with E-state index in [1.807, 2.05) is 48.5 Å². The molecule has 0 aliphatic heterocycles. The molecule has 0 N–H and O–H groups in total. The van der Waals surface area contributed by atoms with Gasteiger partial charge in [0, 0.05) is 11.8 Å². The van der Waals surface area contributed by atoms with Gasteiger partial charge >= 0.3 is 0 Å². The molecule has 4 heteroatoms. The normalized spacial score (nSPS) is 10.8. The zero-order valence-electron chi connectivity index (χ0n) is 16.7. The van der Waals surface area contributed by atoms with Gasteiger partial charge in [-0.1, -0.05) is 62.8 Å². The molecule has 0 amide bonds. The van der Waals surface area contributed by atoms with Crippen LogP contribution in [0.25, 0.3) is 0 Å². The third-order valence-electron chi connectivity index (χ3n) is 4.73. The van der Waals surface area contributed by atoms with E-state index in [4.69, 9.17) is 32.7 Å². The molecule has 0 saturated heterocycles. The highest BCUT2D eigenvalue weighted by Crippen LogP contribution is 2.16.